The fourth-order valence-corrected chi connectivity index (χ4v) is 1.67. The van der Waals surface area contributed by atoms with Crippen LogP contribution in [0.25, 0.3) is 5.69 Å². The molecule has 0 aliphatic rings. The monoisotopic (exact) mass is 234 g/mol. The van der Waals surface area contributed by atoms with Crippen molar-refractivity contribution in [1.29, 1.82) is 0 Å². The zero-order valence-corrected chi connectivity index (χ0v) is 8.99. The normalized spacial score (nSPS) is 10.4. The van der Waals surface area contributed by atoms with Crippen LogP contribution in [0.4, 0.5) is 5.69 Å². The van der Waals surface area contributed by atoms with Crippen molar-refractivity contribution < 1.29 is 15.1 Å². The van der Waals surface area contributed by atoms with E-state index in [4.69, 9.17) is 0 Å². The van der Waals surface area contributed by atoms with E-state index in [1.165, 1.54) is 34.9 Å². The molecule has 0 aliphatic carbocycles. The average Bonchev–Trinajstić information content (AvgIpc) is 2.59. The van der Waals surface area contributed by atoms with Gasteiger partial charge < -0.3 is 10.2 Å². The van der Waals surface area contributed by atoms with Gasteiger partial charge in [0.25, 0.3) is 5.69 Å². The third kappa shape index (κ3) is 1.80. The number of nitro groups is 1. The minimum Gasteiger partial charge on any atom is -0.494 e. The lowest BCUT2D eigenvalue weighted by atomic mass is 10.2. The topological polar surface area (TPSA) is 88.5 Å². The number of benzene rings is 1. The number of nitro benzene ring substituents is 1. The van der Waals surface area contributed by atoms with Crippen LogP contribution in [-0.2, 0) is 0 Å². The summed E-state index contributed by atoms with van der Waals surface area (Å²) in [5.41, 5.74) is 1.05. The fraction of sp³-hybridized carbons (Fsp3) is 0.0909. The first-order valence-electron chi connectivity index (χ1n) is 4.86. The molecule has 17 heavy (non-hydrogen) atoms. The number of aryl methyl sites for hydroxylation is 1. The molecule has 0 unspecified atom stereocenters. The number of hydrogen-bond acceptors (Lipinski definition) is 4. The van der Waals surface area contributed by atoms with Crippen molar-refractivity contribution in [1.82, 2.24) is 4.57 Å². The Bertz CT molecular complexity index is 570. The highest BCUT2D eigenvalue weighted by Crippen LogP contribution is 2.29. The van der Waals surface area contributed by atoms with Gasteiger partial charge in [0.1, 0.15) is 0 Å². The number of non-ortho nitro benzene ring substituents is 1. The van der Waals surface area contributed by atoms with Gasteiger partial charge in [0.15, 0.2) is 11.8 Å². The van der Waals surface area contributed by atoms with Crippen LogP contribution in [0.15, 0.2) is 30.3 Å². The van der Waals surface area contributed by atoms with Gasteiger partial charge in [0.2, 0.25) is 0 Å². The van der Waals surface area contributed by atoms with Crippen LogP contribution in [0, 0.1) is 17.0 Å². The minimum absolute atomic E-state index is 0.0302. The molecule has 0 saturated carbocycles. The molecule has 0 fully saturated rings. The van der Waals surface area contributed by atoms with Crippen molar-refractivity contribution in [3.63, 3.8) is 0 Å². The Morgan fingerprint density at radius 3 is 2.24 bits per heavy atom. The average molecular weight is 234 g/mol. The van der Waals surface area contributed by atoms with E-state index >= 15 is 0 Å². The number of rotatable bonds is 2. The van der Waals surface area contributed by atoms with Gasteiger partial charge in [-0.3, -0.25) is 14.7 Å². The second-order valence-electron chi connectivity index (χ2n) is 3.61. The van der Waals surface area contributed by atoms with Gasteiger partial charge in [0.05, 0.1) is 10.6 Å². The molecule has 0 atom stereocenters. The predicted molar refractivity (Wildman–Crippen MR) is 60.5 cm³/mol. The van der Waals surface area contributed by atoms with E-state index in [9.17, 15) is 20.3 Å². The number of hydrogen-bond donors (Lipinski definition) is 2. The largest absolute Gasteiger partial charge is 0.494 e. The molecule has 0 bridgehead atoms. The maximum absolute atomic E-state index is 10.6. The molecular weight excluding hydrogens is 224 g/mol. The molecule has 0 saturated heterocycles. The molecule has 2 N–H and O–H groups in total. The lowest BCUT2D eigenvalue weighted by Crippen LogP contribution is -1.97. The highest BCUT2D eigenvalue weighted by atomic mass is 16.6. The Morgan fingerprint density at radius 1 is 1.18 bits per heavy atom. The summed E-state index contributed by atoms with van der Waals surface area (Å²) >= 11 is 0. The number of aromatic nitrogens is 1. The Morgan fingerprint density at radius 2 is 1.76 bits per heavy atom. The second kappa shape index (κ2) is 3.82. The summed E-state index contributed by atoms with van der Waals surface area (Å²) in [6, 6.07) is 6.87. The highest BCUT2D eigenvalue weighted by molar-refractivity contribution is 5.51. The molecular formula is C11H10N2O4. The predicted octanol–water partition coefficient (Wildman–Crippen LogP) is 2.11. The SMILES string of the molecule is Cc1cc([N+](=O)[O-])ccc1-n1c(O)ccc1O. The third-order valence-corrected chi connectivity index (χ3v) is 2.47. The standard InChI is InChI=1S/C11H10N2O4/c1-7-6-8(13(16)17)2-3-9(7)12-10(14)4-5-11(12)15/h2-6,14-15H,1H3. The summed E-state index contributed by atoms with van der Waals surface area (Å²) in [4.78, 5) is 10.1. The Hall–Kier alpha value is -2.50. The van der Waals surface area contributed by atoms with E-state index < -0.39 is 4.92 Å². The van der Waals surface area contributed by atoms with E-state index in [1.807, 2.05) is 0 Å². The van der Waals surface area contributed by atoms with Gasteiger partial charge in [-0.15, -0.1) is 0 Å². The second-order valence-corrected chi connectivity index (χ2v) is 3.61. The summed E-state index contributed by atoms with van der Waals surface area (Å²) in [7, 11) is 0. The van der Waals surface area contributed by atoms with Gasteiger partial charge in [0, 0.05) is 24.3 Å². The first kappa shape index (κ1) is 11.0. The Balaban J connectivity index is 2.58. The van der Waals surface area contributed by atoms with Crippen LogP contribution in [0.3, 0.4) is 0 Å². The van der Waals surface area contributed by atoms with E-state index in [0.29, 0.717) is 11.3 Å². The van der Waals surface area contributed by atoms with Crippen LogP contribution >= 0.6 is 0 Å². The number of nitrogens with zero attached hydrogens (tertiary/aromatic N) is 2. The van der Waals surface area contributed by atoms with Crippen molar-refractivity contribution in [2.45, 2.75) is 6.92 Å². The summed E-state index contributed by atoms with van der Waals surface area (Å²) < 4.78 is 1.21. The van der Waals surface area contributed by atoms with Crippen molar-refractivity contribution in [2.75, 3.05) is 0 Å². The maximum atomic E-state index is 10.6. The van der Waals surface area contributed by atoms with Crippen LogP contribution in [-0.4, -0.2) is 19.7 Å². The molecule has 1 aromatic heterocycles. The van der Waals surface area contributed by atoms with Crippen LogP contribution in [0.2, 0.25) is 0 Å². The van der Waals surface area contributed by atoms with E-state index in [-0.39, 0.29) is 17.4 Å². The lowest BCUT2D eigenvalue weighted by molar-refractivity contribution is -0.384. The fourth-order valence-electron chi connectivity index (χ4n) is 1.67. The molecule has 1 heterocycles. The van der Waals surface area contributed by atoms with E-state index in [0.717, 1.165) is 0 Å². The summed E-state index contributed by atoms with van der Waals surface area (Å²) in [5.74, 6) is -0.251. The quantitative estimate of drug-likeness (QED) is 0.615. The van der Waals surface area contributed by atoms with Crippen molar-refractivity contribution in [3.8, 4) is 17.4 Å². The molecule has 88 valence electrons. The molecule has 0 aliphatic heterocycles. The summed E-state index contributed by atoms with van der Waals surface area (Å²) in [6.07, 6.45) is 0. The molecule has 2 rings (SSSR count). The van der Waals surface area contributed by atoms with E-state index in [1.54, 1.807) is 6.92 Å². The molecule has 1 aromatic carbocycles. The zero-order valence-electron chi connectivity index (χ0n) is 8.99. The van der Waals surface area contributed by atoms with E-state index in [2.05, 4.69) is 0 Å². The van der Waals surface area contributed by atoms with Gasteiger partial charge >= 0.3 is 0 Å². The Labute approximate surface area is 96.5 Å². The number of aromatic hydroxyl groups is 2. The lowest BCUT2D eigenvalue weighted by Gasteiger charge is -2.09. The molecule has 6 nitrogen and oxygen atoms in total. The first-order chi connectivity index (χ1) is 8.00. The maximum Gasteiger partial charge on any atom is 0.269 e. The van der Waals surface area contributed by atoms with Crippen molar-refractivity contribution in [3.05, 3.63) is 46.0 Å². The smallest absolute Gasteiger partial charge is 0.269 e. The Kier molecular flexibility index (Phi) is 2.47. The van der Waals surface area contributed by atoms with Crippen molar-refractivity contribution >= 4 is 5.69 Å². The van der Waals surface area contributed by atoms with Gasteiger partial charge in [-0.05, 0) is 18.6 Å². The molecule has 2 aromatic rings. The minimum atomic E-state index is -0.494. The zero-order chi connectivity index (χ0) is 12.6. The van der Waals surface area contributed by atoms with Crippen LogP contribution < -0.4 is 0 Å². The molecule has 6 heteroatoms. The van der Waals surface area contributed by atoms with Crippen LogP contribution in [0.1, 0.15) is 5.56 Å². The summed E-state index contributed by atoms with van der Waals surface area (Å²) in [6.45, 7) is 1.67. The van der Waals surface area contributed by atoms with Crippen molar-refractivity contribution in [2.24, 2.45) is 0 Å². The highest BCUT2D eigenvalue weighted by Gasteiger charge is 2.13. The molecule has 0 amide bonds. The molecule has 0 radical (unpaired) electrons. The third-order valence-electron chi connectivity index (χ3n) is 2.47. The van der Waals surface area contributed by atoms with Crippen LogP contribution in [0.5, 0.6) is 11.8 Å². The summed E-state index contributed by atoms with van der Waals surface area (Å²) in [5, 5.41) is 29.7. The first-order valence-corrected chi connectivity index (χ1v) is 4.86. The van der Waals surface area contributed by atoms with Gasteiger partial charge in [-0.1, -0.05) is 0 Å². The molecule has 0 spiro atoms. The van der Waals surface area contributed by atoms with Gasteiger partial charge in [-0.25, -0.2) is 0 Å². The van der Waals surface area contributed by atoms with Gasteiger partial charge in [-0.2, -0.15) is 0 Å².